The molecule has 4 heteroatoms. The molecule has 5 fully saturated rings. The van der Waals surface area contributed by atoms with Crippen LogP contribution in [0.2, 0.25) is 0 Å². The number of alkyl halides is 1. The van der Waals surface area contributed by atoms with E-state index in [1.807, 2.05) is 0 Å². The Morgan fingerprint density at radius 2 is 1.79 bits per heavy atom. The van der Waals surface area contributed by atoms with Crippen LogP contribution in [0.1, 0.15) is 73.6 Å². The predicted molar refractivity (Wildman–Crippen MR) is 99.0 cm³/mol. The molecule has 4 bridgehead atoms. The maximum Gasteiger partial charge on any atom is 0.342 e. The lowest BCUT2D eigenvalue weighted by Crippen LogP contribution is -2.67. The predicted octanol–water partition coefficient (Wildman–Crippen LogP) is 5.32. The Morgan fingerprint density at radius 3 is 2.21 bits per heavy atom. The number of halogens is 1. The highest BCUT2D eigenvalue weighted by Crippen LogP contribution is 2.80. The van der Waals surface area contributed by atoms with Gasteiger partial charge in [-0.05, 0) is 54.3 Å². The molecular weight excluding hydrogens is 366 g/mol. The zero-order valence-electron chi connectivity index (χ0n) is 15.8. The van der Waals surface area contributed by atoms with Crippen LogP contribution in [0, 0.1) is 33.0 Å². The molecule has 24 heavy (non-hydrogen) atoms. The second kappa shape index (κ2) is 4.47. The average molecular weight is 396 g/mol. The molecule has 0 N–H and O–H groups in total. The van der Waals surface area contributed by atoms with Crippen LogP contribution in [0.4, 0.5) is 0 Å². The van der Waals surface area contributed by atoms with Crippen molar-refractivity contribution < 1.29 is 9.63 Å². The molecule has 0 spiro atoms. The first-order valence-electron chi connectivity index (χ1n) is 9.38. The van der Waals surface area contributed by atoms with Crippen molar-refractivity contribution in [2.75, 3.05) is 0 Å². The fourth-order valence-corrected chi connectivity index (χ4v) is 8.44. The van der Waals surface area contributed by atoms with E-state index in [1.165, 1.54) is 6.42 Å². The Balaban J connectivity index is 1.57. The Bertz CT molecular complexity index is 654. The van der Waals surface area contributed by atoms with Gasteiger partial charge in [0.1, 0.15) is 0 Å². The summed E-state index contributed by atoms with van der Waals surface area (Å²) in [7, 11) is 0. The Kier molecular flexibility index (Phi) is 3.18. The first-order chi connectivity index (χ1) is 10.9. The van der Waals surface area contributed by atoms with Crippen LogP contribution in [0.3, 0.4) is 0 Å². The molecule has 5 unspecified atom stereocenters. The summed E-state index contributed by atoms with van der Waals surface area (Å²) in [4.78, 5) is 18.9. The molecule has 0 aromatic carbocycles. The minimum absolute atomic E-state index is 0.0384. The Morgan fingerprint density at radius 1 is 1.12 bits per heavy atom. The summed E-state index contributed by atoms with van der Waals surface area (Å²) in [5.74, 6) is 0.554. The van der Waals surface area contributed by atoms with Gasteiger partial charge < -0.3 is 4.84 Å². The first-order valence-corrected chi connectivity index (χ1v) is 10.3. The minimum Gasteiger partial charge on any atom is -0.318 e. The van der Waals surface area contributed by atoms with Gasteiger partial charge in [-0.3, -0.25) is 0 Å². The van der Waals surface area contributed by atoms with Crippen LogP contribution in [0.25, 0.3) is 0 Å². The number of hydrogen-bond donors (Lipinski definition) is 0. The van der Waals surface area contributed by atoms with Gasteiger partial charge in [0.2, 0.25) is 0 Å². The number of carbonyl (C=O) groups excluding carboxylic acids is 1. The van der Waals surface area contributed by atoms with E-state index < -0.39 is 5.41 Å². The van der Waals surface area contributed by atoms with Crippen LogP contribution in [0.15, 0.2) is 5.16 Å². The lowest BCUT2D eigenvalue weighted by molar-refractivity contribution is -0.186. The van der Waals surface area contributed by atoms with E-state index in [2.05, 4.69) is 62.6 Å². The third-order valence-corrected chi connectivity index (χ3v) is 11.5. The zero-order valence-corrected chi connectivity index (χ0v) is 17.4. The van der Waals surface area contributed by atoms with Gasteiger partial charge in [-0.25, -0.2) is 4.79 Å². The summed E-state index contributed by atoms with van der Waals surface area (Å²) in [6, 6.07) is 0. The summed E-state index contributed by atoms with van der Waals surface area (Å²) in [6.45, 7) is 13.7. The van der Waals surface area contributed by atoms with Gasteiger partial charge in [0.15, 0.2) is 0 Å². The molecule has 5 saturated carbocycles. The van der Waals surface area contributed by atoms with E-state index in [-0.39, 0.29) is 32.5 Å². The summed E-state index contributed by atoms with van der Waals surface area (Å²) < 4.78 is 0. The fourth-order valence-electron chi connectivity index (χ4n) is 6.65. The SMILES string of the molecule is CC12CCC(C/C1=N\OC(=O)C13CCC(C)(C1Br)C3(C)C)C2(C)C. The number of fused-ring (bicyclic) bond motifs is 3. The van der Waals surface area contributed by atoms with Gasteiger partial charge in [0.05, 0.1) is 11.1 Å². The Labute approximate surface area is 154 Å². The molecule has 0 aromatic heterocycles. The van der Waals surface area contributed by atoms with Crippen molar-refractivity contribution in [2.24, 2.45) is 38.1 Å². The molecule has 5 aliphatic carbocycles. The number of hydrogen-bond acceptors (Lipinski definition) is 3. The van der Waals surface area contributed by atoms with Crippen LogP contribution >= 0.6 is 15.9 Å². The molecule has 5 aliphatic rings. The molecule has 134 valence electrons. The van der Waals surface area contributed by atoms with E-state index >= 15 is 0 Å². The number of carbonyl (C=O) groups is 1. The monoisotopic (exact) mass is 395 g/mol. The smallest absolute Gasteiger partial charge is 0.318 e. The van der Waals surface area contributed by atoms with Crippen molar-refractivity contribution >= 4 is 27.6 Å². The molecule has 0 saturated heterocycles. The van der Waals surface area contributed by atoms with Gasteiger partial charge in [-0.15, -0.1) is 0 Å². The average Bonchev–Trinajstić information content (AvgIpc) is 3.07. The molecular formula is C20H30BrNO2. The Hall–Kier alpha value is -0.380. The largest absolute Gasteiger partial charge is 0.342 e. The van der Waals surface area contributed by atoms with Gasteiger partial charge in [-0.1, -0.05) is 62.6 Å². The van der Waals surface area contributed by atoms with E-state index in [9.17, 15) is 4.79 Å². The lowest BCUT2D eigenvalue weighted by Gasteiger charge is -2.63. The van der Waals surface area contributed by atoms with E-state index in [0.717, 1.165) is 31.4 Å². The normalized spacial score (nSPS) is 51.7. The molecule has 3 nitrogen and oxygen atoms in total. The van der Waals surface area contributed by atoms with E-state index in [4.69, 9.17) is 4.84 Å². The highest BCUT2D eigenvalue weighted by Gasteiger charge is 2.81. The van der Waals surface area contributed by atoms with Crippen molar-refractivity contribution in [3.63, 3.8) is 0 Å². The first kappa shape index (κ1) is 17.1. The third-order valence-electron chi connectivity index (χ3n) is 9.69. The number of oxime groups is 1. The van der Waals surface area contributed by atoms with Crippen LogP contribution in [0.5, 0.6) is 0 Å². The standard InChI is InChI=1S/C20H30BrNO2/c1-16(2)12-7-8-18(16,5)13(11-12)22-24-15(23)20-10-9-19(6,14(20)21)17(20,3)4/h12,14H,7-11H2,1-6H3/b22-13+. The molecule has 0 heterocycles. The van der Waals surface area contributed by atoms with Crippen molar-refractivity contribution in [1.82, 2.24) is 0 Å². The summed E-state index contributed by atoms with van der Waals surface area (Å²) in [6.07, 6.45) is 5.41. The maximum absolute atomic E-state index is 13.0. The number of nitrogens with zero attached hydrogens (tertiary/aromatic N) is 1. The summed E-state index contributed by atoms with van der Waals surface area (Å²) in [5.41, 5.74) is 1.18. The highest BCUT2D eigenvalue weighted by molar-refractivity contribution is 9.09. The molecule has 0 aromatic rings. The minimum atomic E-state index is -0.417. The topological polar surface area (TPSA) is 38.7 Å². The zero-order chi connectivity index (χ0) is 17.8. The van der Waals surface area contributed by atoms with Gasteiger partial charge in [-0.2, -0.15) is 0 Å². The quantitative estimate of drug-likeness (QED) is 0.360. The van der Waals surface area contributed by atoms with Gasteiger partial charge in [0, 0.05) is 10.2 Å². The summed E-state index contributed by atoms with van der Waals surface area (Å²) in [5, 5.41) is 4.46. The van der Waals surface area contributed by atoms with Crippen molar-refractivity contribution in [1.29, 1.82) is 0 Å². The van der Waals surface area contributed by atoms with Crippen molar-refractivity contribution in [2.45, 2.75) is 78.5 Å². The maximum atomic E-state index is 13.0. The summed E-state index contributed by atoms with van der Waals surface area (Å²) >= 11 is 3.81. The van der Waals surface area contributed by atoms with Gasteiger partial charge >= 0.3 is 5.97 Å². The third kappa shape index (κ3) is 1.49. The molecule has 0 radical (unpaired) electrons. The molecule has 5 rings (SSSR count). The van der Waals surface area contributed by atoms with Crippen LogP contribution in [-0.2, 0) is 9.63 Å². The highest BCUT2D eigenvalue weighted by atomic mass is 79.9. The lowest BCUT2D eigenvalue weighted by atomic mass is 9.44. The second-order valence-electron chi connectivity index (χ2n) is 10.3. The van der Waals surface area contributed by atoms with E-state index in [1.54, 1.807) is 0 Å². The van der Waals surface area contributed by atoms with Gasteiger partial charge in [0.25, 0.3) is 0 Å². The van der Waals surface area contributed by atoms with Crippen molar-refractivity contribution in [3.05, 3.63) is 0 Å². The fraction of sp³-hybridized carbons (Fsp3) is 0.900. The van der Waals surface area contributed by atoms with Crippen LogP contribution < -0.4 is 0 Å². The number of rotatable bonds is 2. The van der Waals surface area contributed by atoms with Crippen LogP contribution in [-0.4, -0.2) is 16.5 Å². The molecule has 0 amide bonds. The van der Waals surface area contributed by atoms with E-state index in [0.29, 0.717) is 5.92 Å². The second-order valence-corrected chi connectivity index (χ2v) is 11.2. The molecule has 0 aliphatic heterocycles. The van der Waals surface area contributed by atoms with Crippen molar-refractivity contribution in [3.8, 4) is 0 Å². The molecule has 5 atom stereocenters.